The topological polar surface area (TPSA) is 70.9 Å². The Morgan fingerprint density at radius 2 is 2.05 bits per heavy atom. The predicted octanol–water partition coefficient (Wildman–Crippen LogP) is 2.11. The van der Waals surface area contributed by atoms with Crippen LogP contribution >= 0.6 is 0 Å². The van der Waals surface area contributed by atoms with Crippen molar-refractivity contribution >= 4 is 10.9 Å². The molecule has 0 spiro atoms. The molecule has 0 unspecified atom stereocenters. The minimum Gasteiger partial charge on any atom is -0.465 e. The number of nitrogens with zero attached hydrogens (tertiary/aromatic N) is 1. The van der Waals surface area contributed by atoms with Crippen molar-refractivity contribution in [1.29, 1.82) is 0 Å². The van der Waals surface area contributed by atoms with Gasteiger partial charge in [-0.1, -0.05) is 12.1 Å². The molecule has 3 aromatic rings. The average Bonchev–Trinajstić information content (AvgIpc) is 2.85. The summed E-state index contributed by atoms with van der Waals surface area (Å²) in [6.45, 7) is 3.00. The molecule has 0 aliphatic rings. The number of aromatic amines is 1. The number of furan rings is 1. The highest BCUT2D eigenvalue weighted by Gasteiger charge is 2.03. The first-order valence-corrected chi connectivity index (χ1v) is 6.46. The number of rotatable bonds is 4. The van der Waals surface area contributed by atoms with E-state index >= 15 is 0 Å². The number of fused-ring (bicyclic) bond motifs is 1. The lowest BCUT2D eigenvalue weighted by Gasteiger charge is -2.04. The molecule has 0 aliphatic carbocycles. The van der Waals surface area contributed by atoms with E-state index in [2.05, 4.69) is 15.3 Å². The quantitative estimate of drug-likeness (QED) is 0.761. The summed E-state index contributed by atoms with van der Waals surface area (Å²) in [5.74, 6) is 2.38. The van der Waals surface area contributed by atoms with Crippen molar-refractivity contribution in [3.05, 3.63) is 64.1 Å². The number of nitrogens with one attached hydrogen (secondary N) is 2. The molecule has 0 fully saturated rings. The molecule has 102 valence electrons. The molecule has 5 heteroatoms. The summed E-state index contributed by atoms with van der Waals surface area (Å²) >= 11 is 0. The molecule has 5 nitrogen and oxygen atoms in total. The van der Waals surface area contributed by atoms with E-state index in [1.54, 1.807) is 6.07 Å². The van der Waals surface area contributed by atoms with E-state index in [9.17, 15) is 4.79 Å². The van der Waals surface area contributed by atoms with E-state index in [1.165, 1.54) is 0 Å². The largest absolute Gasteiger partial charge is 0.465 e. The number of H-pyrrole nitrogens is 1. The lowest BCUT2D eigenvalue weighted by atomic mass is 10.2. The summed E-state index contributed by atoms with van der Waals surface area (Å²) in [5, 5.41) is 3.81. The summed E-state index contributed by atoms with van der Waals surface area (Å²) in [5.41, 5.74) is 0.600. The first-order valence-electron chi connectivity index (χ1n) is 6.46. The Labute approximate surface area is 115 Å². The molecule has 2 heterocycles. The Kier molecular flexibility index (Phi) is 3.35. The van der Waals surface area contributed by atoms with Gasteiger partial charge in [-0.2, -0.15) is 0 Å². The molecule has 0 bridgehead atoms. The number of benzene rings is 1. The number of aromatic nitrogens is 2. The van der Waals surface area contributed by atoms with Gasteiger partial charge in [0, 0.05) is 0 Å². The van der Waals surface area contributed by atoms with Gasteiger partial charge in [0.25, 0.3) is 5.56 Å². The molecule has 3 rings (SSSR count). The van der Waals surface area contributed by atoms with Gasteiger partial charge in [0.15, 0.2) is 0 Å². The molecule has 0 aliphatic heterocycles. The first-order chi connectivity index (χ1) is 9.72. The van der Waals surface area contributed by atoms with E-state index in [0.717, 1.165) is 11.5 Å². The summed E-state index contributed by atoms with van der Waals surface area (Å²) in [4.78, 5) is 19.1. The van der Waals surface area contributed by atoms with Crippen LogP contribution in [0.4, 0.5) is 0 Å². The molecule has 2 N–H and O–H groups in total. The zero-order valence-electron chi connectivity index (χ0n) is 11.1. The molecule has 0 saturated heterocycles. The smallest absolute Gasteiger partial charge is 0.258 e. The van der Waals surface area contributed by atoms with Gasteiger partial charge in [-0.15, -0.1) is 0 Å². The Hall–Kier alpha value is -2.40. The van der Waals surface area contributed by atoms with Crippen LogP contribution in [0.25, 0.3) is 10.9 Å². The third-order valence-corrected chi connectivity index (χ3v) is 3.05. The van der Waals surface area contributed by atoms with Gasteiger partial charge in [-0.25, -0.2) is 4.98 Å². The molecular weight excluding hydrogens is 254 g/mol. The maximum absolute atomic E-state index is 11.9. The van der Waals surface area contributed by atoms with Crippen molar-refractivity contribution in [2.45, 2.75) is 20.0 Å². The highest BCUT2D eigenvalue weighted by atomic mass is 16.3. The van der Waals surface area contributed by atoms with Crippen molar-refractivity contribution in [2.75, 3.05) is 0 Å². The number of para-hydroxylation sites is 1. The Morgan fingerprint density at radius 3 is 2.85 bits per heavy atom. The molecule has 0 saturated carbocycles. The maximum atomic E-state index is 11.9. The van der Waals surface area contributed by atoms with E-state index in [0.29, 0.717) is 29.8 Å². The predicted molar refractivity (Wildman–Crippen MR) is 76.4 cm³/mol. The minimum atomic E-state index is -0.110. The van der Waals surface area contributed by atoms with Crippen LogP contribution in [0.2, 0.25) is 0 Å². The molecule has 1 aromatic carbocycles. The van der Waals surface area contributed by atoms with E-state index in [4.69, 9.17) is 4.42 Å². The monoisotopic (exact) mass is 269 g/mol. The van der Waals surface area contributed by atoms with Crippen LogP contribution in [0.3, 0.4) is 0 Å². The van der Waals surface area contributed by atoms with Gasteiger partial charge in [0.2, 0.25) is 0 Å². The fourth-order valence-electron chi connectivity index (χ4n) is 2.10. The number of aryl methyl sites for hydroxylation is 1. The molecule has 20 heavy (non-hydrogen) atoms. The molecule has 2 aromatic heterocycles. The summed E-state index contributed by atoms with van der Waals surface area (Å²) < 4.78 is 5.46. The fraction of sp³-hybridized carbons (Fsp3) is 0.200. The van der Waals surface area contributed by atoms with Gasteiger partial charge in [0.1, 0.15) is 17.3 Å². The van der Waals surface area contributed by atoms with E-state index in [-0.39, 0.29) is 5.56 Å². The third kappa shape index (κ3) is 2.62. The summed E-state index contributed by atoms with van der Waals surface area (Å²) in [6, 6.07) is 11.2. The minimum absolute atomic E-state index is 0.110. The van der Waals surface area contributed by atoms with Gasteiger partial charge in [-0.05, 0) is 31.2 Å². The van der Waals surface area contributed by atoms with Gasteiger partial charge in [0.05, 0.1) is 24.0 Å². The van der Waals surface area contributed by atoms with Gasteiger partial charge < -0.3 is 14.7 Å². The van der Waals surface area contributed by atoms with Crippen LogP contribution in [-0.4, -0.2) is 9.97 Å². The maximum Gasteiger partial charge on any atom is 0.258 e. The lowest BCUT2D eigenvalue weighted by molar-refractivity contribution is 0.460. The van der Waals surface area contributed by atoms with Gasteiger partial charge in [-0.3, -0.25) is 4.79 Å². The van der Waals surface area contributed by atoms with Crippen LogP contribution in [-0.2, 0) is 13.1 Å². The molecular formula is C15H15N3O2. The van der Waals surface area contributed by atoms with Crippen LogP contribution in [0, 0.1) is 6.92 Å². The average molecular weight is 269 g/mol. The Bertz CT molecular complexity index is 789. The van der Waals surface area contributed by atoms with Crippen LogP contribution in [0.15, 0.2) is 45.6 Å². The lowest BCUT2D eigenvalue weighted by Crippen LogP contribution is -2.19. The van der Waals surface area contributed by atoms with Crippen molar-refractivity contribution in [3.8, 4) is 0 Å². The molecule has 0 atom stereocenters. The number of hydrogen-bond donors (Lipinski definition) is 2. The summed E-state index contributed by atoms with van der Waals surface area (Å²) in [6.07, 6.45) is 0. The first kappa shape index (κ1) is 12.6. The zero-order valence-corrected chi connectivity index (χ0v) is 11.1. The van der Waals surface area contributed by atoms with E-state index < -0.39 is 0 Å². The Balaban J connectivity index is 1.73. The SMILES string of the molecule is Cc1ccc(CNCc2nc3ccccc3c(=O)[nH]2)o1. The van der Waals surface area contributed by atoms with Crippen LogP contribution in [0.5, 0.6) is 0 Å². The molecule has 0 amide bonds. The fourth-order valence-corrected chi connectivity index (χ4v) is 2.10. The van der Waals surface area contributed by atoms with E-state index in [1.807, 2.05) is 37.3 Å². The normalized spacial score (nSPS) is 11.1. The van der Waals surface area contributed by atoms with Crippen molar-refractivity contribution < 1.29 is 4.42 Å². The number of hydrogen-bond acceptors (Lipinski definition) is 4. The standard InChI is InChI=1S/C15H15N3O2/c1-10-6-7-11(20-10)8-16-9-14-17-13-5-3-2-4-12(13)15(19)18-14/h2-7,16H,8-9H2,1H3,(H,17,18,19). The second-order valence-corrected chi connectivity index (χ2v) is 4.65. The summed E-state index contributed by atoms with van der Waals surface area (Å²) in [7, 11) is 0. The second kappa shape index (κ2) is 5.30. The third-order valence-electron chi connectivity index (χ3n) is 3.05. The van der Waals surface area contributed by atoms with Crippen molar-refractivity contribution in [1.82, 2.24) is 15.3 Å². The Morgan fingerprint density at radius 1 is 1.20 bits per heavy atom. The van der Waals surface area contributed by atoms with Crippen molar-refractivity contribution in [3.63, 3.8) is 0 Å². The molecule has 0 radical (unpaired) electrons. The highest BCUT2D eigenvalue weighted by Crippen LogP contribution is 2.07. The highest BCUT2D eigenvalue weighted by molar-refractivity contribution is 5.77. The van der Waals surface area contributed by atoms with Gasteiger partial charge >= 0.3 is 0 Å². The van der Waals surface area contributed by atoms with Crippen LogP contribution in [0.1, 0.15) is 17.3 Å². The van der Waals surface area contributed by atoms with Crippen LogP contribution < -0.4 is 10.9 Å². The second-order valence-electron chi connectivity index (χ2n) is 4.65. The van der Waals surface area contributed by atoms with Crippen molar-refractivity contribution in [2.24, 2.45) is 0 Å². The zero-order chi connectivity index (χ0) is 13.9.